The number of ether oxygens (including phenoxy) is 1. The Balaban J connectivity index is 1.98. The molecule has 0 bridgehead atoms. The van der Waals surface area contributed by atoms with Crippen molar-refractivity contribution < 1.29 is 17.9 Å². The van der Waals surface area contributed by atoms with Crippen molar-refractivity contribution in [2.45, 2.75) is 30.8 Å². The first kappa shape index (κ1) is 21.6. The van der Waals surface area contributed by atoms with Gasteiger partial charge >= 0.3 is 5.97 Å². The molecule has 1 aliphatic rings. The molecular formula is C21H25ClN2O4S. The maximum atomic E-state index is 13.1. The third-order valence-corrected chi connectivity index (χ3v) is 7.20. The number of rotatable bonds is 6. The van der Waals surface area contributed by atoms with Crippen molar-refractivity contribution in [3.05, 3.63) is 58.6 Å². The lowest BCUT2D eigenvalue weighted by Gasteiger charge is -2.23. The van der Waals surface area contributed by atoms with E-state index in [1.165, 1.54) is 26.2 Å². The number of nitrogens with zero attached hydrogens (tertiary/aromatic N) is 2. The van der Waals surface area contributed by atoms with Gasteiger partial charge in [0.2, 0.25) is 10.0 Å². The van der Waals surface area contributed by atoms with Gasteiger partial charge in [0.15, 0.2) is 0 Å². The van der Waals surface area contributed by atoms with E-state index in [0.29, 0.717) is 16.3 Å². The fraction of sp³-hybridized carbons (Fsp3) is 0.381. The molecule has 1 unspecified atom stereocenters. The van der Waals surface area contributed by atoms with Gasteiger partial charge in [-0.3, -0.25) is 0 Å². The van der Waals surface area contributed by atoms with Gasteiger partial charge in [-0.2, -0.15) is 0 Å². The fourth-order valence-electron chi connectivity index (χ4n) is 3.38. The summed E-state index contributed by atoms with van der Waals surface area (Å²) in [6.07, 6.45) is 1.49. The number of hydrogen-bond acceptors (Lipinski definition) is 5. The van der Waals surface area contributed by atoms with Crippen molar-refractivity contribution in [3.8, 4) is 0 Å². The number of hydrogen-bond donors (Lipinski definition) is 0. The maximum Gasteiger partial charge on any atom is 0.340 e. The van der Waals surface area contributed by atoms with E-state index in [4.69, 9.17) is 16.3 Å². The van der Waals surface area contributed by atoms with Crippen molar-refractivity contribution in [1.82, 2.24) is 4.31 Å². The largest absolute Gasteiger partial charge is 0.454 e. The van der Waals surface area contributed by atoms with Gasteiger partial charge in [-0.1, -0.05) is 29.8 Å². The molecule has 0 aliphatic carbocycles. The Kier molecular flexibility index (Phi) is 6.51. The molecule has 2 aromatic carbocycles. The number of anilines is 1. The van der Waals surface area contributed by atoms with Gasteiger partial charge in [-0.25, -0.2) is 17.5 Å². The predicted molar refractivity (Wildman–Crippen MR) is 114 cm³/mol. The zero-order valence-corrected chi connectivity index (χ0v) is 18.3. The minimum absolute atomic E-state index is 0.0581. The molecule has 1 atom stereocenters. The van der Waals surface area contributed by atoms with Crippen molar-refractivity contribution in [3.63, 3.8) is 0 Å². The van der Waals surface area contributed by atoms with Crippen LogP contribution in [0.4, 0.5) is 5.69 Å². The second kappa shape index (κ2) is 8.73. The quantitative estimate of drug-likeness (QED) is 0.637. The smallest absolute Gasteiger partial charge is 0.340 e. The Labute approximate surface area is 177 Å². The molecule has 0 saturated carbocycles. The van der Waals surface area contributed by atoms with Crippen molar-refractivity contribution in [2.24, 2.45) is 0 Å². The molecule has 1 heterocycles. The van der Waals surface area contributed by atoms with E-state index in [1.807, 2.05) is 6.07 Å². The minimum atomic E-state index is -3.67. The molecule has 0 amide bonds. The van der Waals surface area contributed by atoms with Crippen molar-refractivity contribution in [2.75, 3.05) is 32.1 Å². The van der Waals surface area contributed by atoms with Crippen molar-refractivity contribution >= 4 is 33.3 Å². The summed E-state index contributed by atoms with van der Waals surface area (Å²) in [4.78, 5) is 15.2. The number of carbonyl (C=O) groups is 1. The standard InChI is InChI=1S/C21H25ClN2O4S/c1-15(17-8-4-5-9-19(17)22)28-21(25)18-14-16(29(26,27)23(2)3)10-11-20(18)24-12-6-7-13-24/h4-5,8-11,14-15H,6-7,12-13H2,1-3H3. The van der Waals surface area contributed by atoms with Crippen LogP contribution in [-0.2, 0) is 14.8 Å². The van der Waals surface area contributed by atoms with E-state index < -0.39 is 22.1 Å². The van der Waals surface area contributed by atoms with E-state index >= 15 is 0 Å². The molecule has 3 rings (SSSR count). The average molecular weight is 437 g/mol. The summed E-state index contributed by atoms with van der Waals surface area (Å²) in [5.74, 6) is -0.574. The number of carbonyl (C=O) groups excluding carboxylic acids is 1. The Morgan fingerprint density at radius 3 is 2.41 bits per heavy atom. The molecule has 156 valence electrons. The van der Waals surface area contributed by atoms with Gasteiger partial charge in [0.1, 0.15) is 6.10 Å². The third-order valence-electron chi connectivity index (χ3n) is 5.04. The topological polar surface area (TPSA) is 66.9 Å². The highest BCUT2D eigenvalue weighted by Gasteiger charge is 2.26. The van der Waals surface area contributed by atoms with Crippen LogP contribution >= 0.6 is 11.6 Å². The molecule has 0 N–H and O–H groups in total. The Hall–Kier alpha value is -2.09. The molecule has 2 aromatic rings. The highest BCUT2D eigenvalue weighted by molar-refractivity contribution is 7.89. The normalized spacial score (nSPS) is 15.6. The van der Waals surface area contributed by atoms with Crippen LogP contribution in [0.25, 0.3) is 0 Å². The van der Waals surface area contributed by atoms with Gasteiger partial charge in [0.05, 0.1) is 16.1 Å². The first-order chi connectivity index (χ1) is 13.7. The summed E-state index contributed by atoms with van der Waals surface area (Å²) in [6, 6.07) is 11.8. The molecule has 8 heteroatoms. The summed E-state index contributed by atoms with van der Waals surface area (Å²) in [5.41, 5.74) is 1.63. The van der Waals surface area contributed by atoms with E-state index in [-0.39, 0.29) is 10.5 Å². The van der Waals surface area contributed by atoms with Crippen LogP contribution in [0.1, 0.15) is 41.8 Å². The first-order valence-corrected chi connectivity index (χ1v) is 11.3. The van der Waals surface area contributed by atoms with Crippen molar-refractivity contribution in [1.29, 1.82) is 0 Å². The lowest BCUT2D eigenvalue weighted by Crippen LogP contribution is -2.25. The van der Waals surface area contributed by atoms with E-state index in [2.05, 4.69) is 4.90 Å². The van der Waals surface area contributed by atoms with Crippen LogP contribution in [0.3, 0.4) is 0 Å². The summed E-state index contributed by atoms with van der Waals surface area (Å²) < 4.78 is 31.9. The van der Waals surface area contributed by atoms with Gasteiger partial charge in [0, 0.05) is 37.8 Å². The Morgan fingerprint density at radius 2 is 1.79 bits per heavy atom. The molecule has 1 fully saturated rings. The Morgan fingerprint density at radius 1 is 1.14 bits per heavy atom. The van der Waals surface area contributed by atoms with E-state index in [0.717, 1.165) is 30.2 Å². The summed E-state index contributed by atoms with van der Waals surface area (Å²) in [6.45, 7) is 3.38. The average Bonchev–Trinajstić information content (AvgIpc) is 3.22. The fourth-order valence-corrected chi connectivity index (χ4v) is 4.59. The second-order valence-corrected chi connectivity index (χ2v) is 9.79. The monoisotopic (exact) mass is 436 g/mol. The molecule has 29 heavy (non-hydrogen) atoms. The highest BCUT2D eigenvalue weighted by Crippen LogP contribution is 2.31. The number of benzene rings is 2. The van der Waals surface area contributed by atoms with Gasteiger partial charge in [-0.05, 0) is 44.0 Å². The molecule has 6 nitrogen and oxygen atoms in total. The zero-order valence-electron chi connectivity index (χ0n) is 16.8. The highest BCUT2D eigenvalue weighted by atomic mass is 35.5. The molecule has 0 radical (unpaired) electrons. The lowest BCUT2D eigenvalue weighted by atomic mass is 10.1. The molecule has 0 aromatic heterocycles. The van der Waals surface area contributed by atoms with E-state index in [1.54, 1.807) is 31.2 Å². The maximum absolute atomic E-state index is 13.1. The van der Waals surface area contributed by atoms with Gasteiger partial charge in [0.25, 0.3) is 0 Å². The number of sulfonamides is 1. The lowest BCUT2D eigenvalue weighted by molar-refractivity contribution is 0.0338. The van der Waals surface area contributed by atoms with Crippen LogP contribution < -0.4 is 4.90 Å². The number of esters is 1. The molecule has 1 aliphatic heterocycles. The third kappa shape index (κ3) is 4.57. The van der Waals surface area contributed by atoms with Crippen LogP contribution in [0.2, 0.25) is 5.02 Å². The molecule has 1 saturated heterocycles. The van der Waals surface area contributed by atoms with E-state index in [9.17, 15) is 13.2 Å². The first-order valence-electron chi connectivity index (χ1n) is 9.48. The Bertz CT molecular complexity index is 1000. The summed E-state index contributed by atoms with van der Waals surface area (Å²) >= 11 is 6.22. The molecular weight excluding hydrogens is 412 g/mol. The van der Waals surface area contributed by atoms with Crippen LogP contribution in [0, 0.1) is 0 Å². The van der Waals surface area contributed by atoms with Gasteiger partial charge in [-0.15, -0.1) is 0 Å². The summed E-state index contributed by atoms with van der Waals surface area (Å²) in [5, 5.41) is 0.511. The van der Waals surface area contributed by atoms with Crippen LogP contribution in [0.5, 0.6) is 0 Å². The summed E-state index contributed by atoms with van der Waals surface area (Å²) in [7, 11) is -0.756. The zero-order chi connectivity index (χ0) is 21.2. The van der Waals surface area contributed by atoms with Gasteiger partial charge < -0.3 is 9.64 Å². The minimum Gasteiger partial charge on any atom is -0.454 e. The number of halogens is 1. The van der Waals surface area contributed by atoms with Crippen LogP contribution in [-0.4, -0.2) is 45.9 Å². The second-order valence-electron chi connectivity index (χ2n) is 7.23. The molecule has 0 spiro atoms. The predicted octanol–water partition coefficient (Wildman–Crippen LogP) is 4.11. The van der Waals surface area contributed by atoms with Crippen LogP contribution in [0.15, 0.2) is 47.4 Å². The SMILES string of the molecule is CC(OC(=O)c1cc(S(=O)(=O)N(C)C)ccc1N1CCCC1)c1ccccc1Cl.